The Kier molecular flexibility index (Phi) is 2.68. The highest BCUT2D eigenvalue weighted by Gasteiger charge is 2.29. The number of rotatable bonds is 4. The number of aromatic nitrogens is 2. The summed E-state index contributed by atoms with van der Waals surface area (Å²) in [5.74, 6) is 0.444. The van der Waals surface area contributed by atoms with Crippen LogP contribution in [0.4, 0.5) is 13.2 Å². The van der Waals surface area contributed by atoms with Crippen LogP contribution in [0.1, 0.15) is 18.7 Å². The van der Waals surface area contributed by atoms with Crippen molar-refractivity contribution < 1.29 is 13.2 Å². The lowest BCUT2D eigenvalue weighted by Crippen LogP contribution is -2.23. The lowest BCUT2D eigenvalue weighted by atomic mass is 10.5. The summed E-state index contributed by atoms with van der Waals surface area (Å²) in [7, 11) is 0. The van der Waals surface area contributed by atoms with E-state index in [9.17, 15) is 13.2 Å². The molecule has 0 atom stereocenters. The Hall–Kier alpha value is -1.04. The van der Waals surface area contributed by atoms with Crippen molar-refractivity contribution in [2.75, 3.05) is 0 Å². The number of imidazole rings is 1. The van der Waals surface area contributed by atoms with Crippen LogP contribution >= 0.6 is 0 Å². The molecular formula is C9H12F3N3. The summed E-state index contributed by atoms with van der Waals surface area (Å²) in [6, 6.07) is 0.473. The zero-order chi connectivity index (χ0) is 10.9. The Morgan fingerprint density at radius 3 is 2.80 bits per heavy atom. The van der Waals surface area contributed by atoms with Gasteiger partial charge in [-0.1, -0.05) is 0 Å². The maximum Gasteiger partial charge on any atom is 0.406 e. The third kappa shape index (κ3) is 3.23. The second-order valence-electron chi connectivity index (χ2n) is 3.74. The van der Waals surface area contributed by atoms with E-state index < -0.39 is 12.7 Å². The standard InChI is InChI=1S/C9H12F3N3/c10-9(11,12)6-15-4-3-13-8(15)5-14-7-1-2-7/h3-4,7,14H,1-2,5-6H2. The van der Waals surface area contributed by atoms with Crippen LogP contribution in [0.2, 0.25) is 0 Å². The van der Waals surface area contributed by atoms with Gasteiger partial charge in [0.25, 0.3) is 0 Å². The van der Waals surface area contributed by atoms with E-state index in [-0.39, 0.29) is 0 Å². The molecular weight excluding hydrogens is 207 g/mol. The molecule has 1 heterocycles. The van der Waals surface area contributed by atoms with Crippen molar-refractivity contribution in [3.8, 4) is 0 Å². The fourth-order valence-corrected chi connectivity index (χ4v) is 1.37. The molecule has 3 nitrogen and oxygen atoms in total. The van der Waals surface area contributed by atoms with E-state index in [1.54, 1.807) is 0 Å². The van der Waals surface area contributed by atoms with Crippen LogP contribution in [0.5, 0.6) is 0 Å². The second-order valence-corrected chi connectivity index (χ2v) is 3.74. The SMILES string of the molecule is FC(F)(F)Cn1ccnc1CNC1CC1. The van der Waals surface area contributed by atoms with E-state index in [0.717, 1.165) is 17.4 Å². The summed E-state index contributed by atoms with van der Waals surface area (Å²) in [6.07, 6.45) is 0.794. The lowest BCUT2D eigenvalue weighted by molar-refractivity contribution is -0.141. The molecule has 1 aromatic rings. The van der Waals surface area contributed by atoms with Gasteiger partial charge in [-0.05, 0) is 12.8 Å². The summed E-state index contributed by atoms with van der Waals surface area (Å²) in [6.45, 7) is -0.553. The second kappa shape index (κ2) is 3.84. The fraction of sp³-hybridized carbons (Fsp3) is 0.667. The fourth-order valence-electron chi connectivity index (χ4n) is 1.37. The molecule has 1 aliphatic rings. The topological polar surface area (TPSA) is 29.9 Å². The Balaban J connectivity index is 1.94. The molecule has 0 aliphatic heterocycles. The van der Waals surface area contributed by atoms with Gasteiger partial charge in [-0.2, -0.15) is 13.2 Å². The number of hydrogen-bond acceptors (Lipinski definition) is 2. The van der Waals surface area contributed by atoms with E-state index in [1.807, 2.05) is 0 Å². The van der Waals surface area contributed by atoms with Crippen LogP contribution in [0.25, 0.3) is 0 Å². The summed E-state index contributed by atoms with van der Waals surface area (Å²) in [5, 5.41) is 3.13. The number of alkyl halides is 3. The van der Waals surface area contributed by atoms with E-state index in [2.05, 4.69) is 10.3 Å². The molecule has 2 rings (SSSR count). The van der Waals surface area contributed by atoms with E-state index in [4.69, 9.17) is 0 Å². The van der Waals surface area contributed by atoms with Gasteiger partial charge in [0, 0.05) is 18.4 Å². The van der Waals surface area contributed by atoms with E-state index >= 15 is 0 Å². The molecule has 1 aliphatic carbocycles. The van der Waals surface area contributed by atoms with Crippen LogP contribution in [-0.4, -0.2) is 21.8 Å². The molecule has 15 heavy (non-hydrogen) atoms. The minimum absolute atomic E-state index is 0.410. The third-order valence-electron chi connectivity index (χ3n) is 2.28. The average Bonchev–Trinajstić information content (AvgIpc) is 2.84. The van der Waals surface area contributed by atoms with Gasteiger partial charge in [0.1, 0.15) is 12.4 Å². The summed E-state index contributed by atoms with van der Waals surface area (Å²) >= 11 is 0. The number of halogens is 3. The monoisotopic (exact) mass is 219 g/mol. The van der Waals surface area contributed by atoms with Gasteiger partial charge in [0.15, 0.2) is 0 Å². The minimum Gasteiger partial charge on any atom is -0.325 e. The van der Waals surface area contributed by atoms with Gasteiger partial charge in [-0.25, -0.2) is 4.98 Å². The molecule has 0 bridgehead atoms. The molecule has 0 aromatic carbocycles. The van der Waals surface area contributed by atoms with E-state index in [1.165, 1.54) is 12.4 Å². The number of hydrogen-bond donors (Lipinski definition) is 1. The Morgan fingerprint density at radius 2 is 2.20 bits per heavy atom. The molecule has 0 amide bonds. The van der Waals surface area contributed by atoms with Gasteiger partial charge < -0.3 is 9.88 Å². The molecule has 0 saturated heterocycles. The summed E-state index contributed by atoms with van der Waals surface area (Å²) in [4.78, 5) is 3.90. The zero-order valence-corrected chi connectivity index (χ0v) is 8.09. The minimum atomic E-state index is -4.19. The van der Waals surface area contributed by atoms with Gasteiger partial charge in [-0.3, -0.25) is 0 Å². The first kappa shape index (κ1) is 10.5. The van der Waals surface area contributed by atoms with Gasteiger partial charge in [0.05, 0.1) is 6.54 Å². The Bertz CT molecular complexity index is 328. The highest BCUT2D eigenvalue weighted by molar-refractivity contribution is 4.94. The lowest BCUT2D eigenvalue weighted by Gasteiger charge is -2.10. The first-order valence-electron chi connectivity index (χ1n) is 4.85. The van der Waals surface area contributed by atoms with Gasteiger partial charge in [-0.15, -0.1) is 0 Å². The summed E-state index contributed by atoms with van der Waals surface area (Å²) in [5.41, 5.74) is 0. The molecule has 0 radical (unpaired) electrons. The number of nitrogens with zero attached hydrogens (tertiary/aromatic N) is 2. The Labute approximate surface area is 85.3 Å². The molecule has 1 N–H and O–H groups in total. The van der Waals surface area contributed by atoms with Crippen LogP contribution in [0.15, 0.2) is 12.4 Å². The van der Waals surface area contributed by atoms with Crippen molar-refractivity contribution in [3.63, 3.8) is 0 Å². The molecule has 6 heteroatoms. The zero-order valence-electron chi connectivity index (χ0n) is 8.09. The van der Waals surface area contributed by atoms with Gasteiger partial charge in [0.2, 0.25) is 0 Å². The first-order chi connectivity index (χ1) is 7.04. The maximum absolute atomic E-state index is 12.1. The van der Waals surface area contributed by atoms with Crippen LogP contribution in [0, 0.1) is 0 Å². The quantitative estimate of drug-likeness (QED) is 0.835. The molecule has 0 unspecified atom stereocenters. The smallest absolute Gasteiger partial charge is 0.325 e. The molecule has 1 fully saturated rings. The molecule has 84 valence electrons. The van der Waals surface area contributed by atoms with Crippen molar-refractivity contribution >= 4 is 0 Å². The maximum atomic E-state index is 12.1. The van der Waals surface area contributed by atoms with Crippen LogP contribution < -0.4 is 5.32 Å². The normalized spacial score (nSPS) is 17.0. The summed E-state index contributed by atoms with van der Waals surface area (Å²) < 4.78 is 37.6. The largest absolute Gasteiger partial charge is 0.406 e. The predicted molar refractivity (Wildman–Crippen MR) is 48.1 cm³/mol. The molecule has 0 spiro atoms. The first-order valence-corrected chi connectivity index (χ1v) is 4.85. The van der Waals surface area contributed by atoms with Crippen molar-refractivity contribution in [2.45, 2.75) is 38.1 Å². The van der Waals surface area contributed by atoms with Crippen LogP contribution in [0.3, 0.4) is 0 Å². The molecule has 1 aromatic heterocycles. The van der Waals surface area contributed by atoms with Crippen molar-refractivity contribution in [3.05, 3.63) is 18.2 Å². The average molecular weight is 219 g/mol. The Morgan fingerprint density at radius 1 is 1.47 bits per heavy atom. The van der Waals surface area contributed by atoms with Crippen LogP contribution in [-0.2, 0) is 13.1 Å². The van der Waals surface area contributed by atoms with Crippen molar-refractivity contribution in [1.29, 1.82) is 0 Å². The van der Waals surface area contributed by atoms with Gasteiger partial charge >= 0.3 is 6.18 Å². The highest BCUT2D eigenvalue weighted by Crippen LogP contribution is 2.20. The van der Waals surface area contributed by atoms with E-state index in [0.29, 0.717) is 18.4 Å². The molecule has 1 saturated carbocycles. The predicted octanol–water partition coefficient (Wildman–Crippen LogP) is 1.70. The van der Waals surface area contributed by atoms with Crippen molar-refractivity contribution in [2.24, 2.45) is 0 Å². The number of nitrogens with one attached hydrogen (secondary N) is 1. The third-order valence-corrected chi connectivity index (χ3v) is 2.28. The van der Waals surface area contributed by atoms with Crippen molar-refractivity contribution in [1.82, 2.24) is 14.9 Å². The highest BCUT2D eigenvalue weighted by atomic mass is 19.4.